The van der Waals surface area contributed by atoms with Crippen LogP contribution in [-0.4, -0.2) is 0 Å². The largest absolute Gasteiger partial charge is 0.0812 e. The minimum atomic E-state index is 1.06. The molecular formula is C18H19I. The van der Waals surface area contributed by atoms with Gasteiger partial charge in [0.2, 0.25) is 0 Å². The van der Waals surface area contributed by atoms with Crippen LogP contribution in [0.25, 0.3) is 12.2 Å². The summed E-state index contributed by atoms with van der Waals surface area (Å²) in [6, 6.07) is 13.3. The van der Waals surface area contributed by atoms with Crippen molar-refractivity contribution in [3.8, 4) is 0 Å². The topological polar surface area (TPSA) is 0 Å². The van der Waals surface area contributed by atoms with Crippen molar-refractivity contribution in [2.45, 2.75) is 25.2 Å². The molecule has 0 bridgehead atoms. The Labute approximate surface area is 129 Å². The number of benzene rings is 2. The van der Waals surface area contributed by atoms with Gasteiger partial charge in [-0.1, -0.05) is 82.3 Å². The van der Waals surface area contributed by atoms with Crippen LogP contribution >= 0.6 is 22.6 Å². The van der Waals surface area contributed by atoms with Gasteiger partial charge in [-0.15, -0.1) is 0 Å². The first kappa shape index (κ1) is 14.3. The summed E-state index contributed by atoms with van der Waals surface area (Å²) in [5, 5.41) is 0. The molecule has 98 valence electrons. The maximum atomic E-state index is 2.42. The van der Waals surface area contributed by atoms with Crippen molar-refractivity contribution in [1.82, 2.24) is 0 Å². The Morgan fingerprint density at radius 3 is 2.11 bits per heavy atom. The first-order chi connectivity index (χ1) is 9.08. The van der Waals surface area contributed by atoms with E-state index in [2.05, 4.69) is 91.9 Å². The molecule has 0 saturated carbocycles. The Morgan fingerprint density at radius 1 is 0.842 bits per heavy atom. The summed E-state index contributed by atoms with van der Waals surface area (Å²) < 4.78 is 1.06. The summed E-state index contributed by atoms with van der Waals surface area (Å²) >= 11 is 2.42. The molecule has 0 fully saturated rings. The van der Waals surface area contributed by atoms with Crippen LogP contribution in [0.1, 0.15) is 33.4 Å². The molecule has 0 saturated heterocycles. The zero-order valence-corrected chi connectivity index (χ0v) is 13.9. The second kappa shape index (κ2) is 6.38. The average Bonchev–Trinajstić information content (AvgIpc) is 2.36. The Kier molecular flexibility index (Phi) is 4.81. The number of hydrogen-bond donors (Lipinski definition) is 0. The van der Waals surface area contributed by atoms with E-state index in [1.807, 2.05) is 0 Å². The van der Waals surface area contributed by atoms with Gasteiger partial charge in [-0.3, -0.25) is 0 Å². The number of rotatable bonds is 3. The molecule has 0 heterocycles. The molecule has 2 aromatic rings. The maximum Gasteiger partial charge on any atom is 0.0249 e. The second-order valence-electron chi connectivity index (χ2n) is 5.07. The lowest BCUT2D eigenvalue weighted by Gasteiger charge is -2.04. The minimum Gasteiger partial charge on any atom is -0.0812 e. The lowest BCUT2D eigenvalue weighted by molar-refractivity contribution is 1.32. The molecule has 0 atom stereocenters. The average molecular weight is 362 g/mol. The summed E-state index contributed by atoms with van der Waals surface area (Å²) in [6.07, 6.45) is 4.39. The van der Waals surface area contributed by atoms with E-state index in [1.54, 1.807) is 0 Å². The molecule has 0 nitrogen and oxygen atoms in total. The molecule has 0 aliphatic rings. The van der Waals surface area contributed by atoms with Crippen molar-refractivity contribution in [3.63, 3.8) is 0 Å². The molecule has 0 aliphatic heterocycles. The van der Waals surface area contributed by atoms with Crippen LogP contribution in [0.3, 0.4) is 0 Å². The monoisotopic (exact) mass is 362 g/mol. The zero-order chi connectivity index (χ0) is 13.8. The Morgan fingerprint density at radius 2 is 1.47 bits per heavy atom. The predicted octanol–water partition coefficient (Wildman–Crippen LogP) is 5.72. The van der Waals surface area contributed by atoms with Crippen LogP contribution < -0.4 is 0 Å². The molecule has 2 rings (SSSR count). The van der Waals surface area contributed by atoms with Gasteiger partial charge < -0.3 is 0 Å². The van der Waals surface area contributed by atoms with Gasteiger partial charge >= 0.3 is 0 Å². The van der Waals surface area contributed by atoms with E-state index in [-0.39, 0.29) is 0 Å². The highest BCUT2D eigenvalue weighted by molar-refractivity contribution is 14.1. The summed E-state index contributed by atoms with van der Waals surface area (Å²) in [7, 11) is 0. The van der Waals surface area contributed by atoms with Gasteiger partial charge in [0.1, 0.15) is 0 Å². The molecule has 0 aromatic heterocycles. The summed E-state index contributed by atoms with van der Waals surface area (Å²) in [5.41, 5.74) is 7.97. The lowest BCUT2D eigenvalue weighted by atomic mass is 10.0. The van der Waals surface area contributed by atoms with Crippen LogP contribution in [0, 0.1) is 20.8 Å². The molecule has 0 radical (unpaired) electrons. The third-order valence-electron chi connectivity index (χ3n) is 3.23. The SMILES string of the molecule is Cc1cc(C)cc(/C=C/c2ccc(C)c(CI)c2)c1. The van der Waals surface area contributed by atoms with Crippen molar-refractivity contribution in [2.24, 2.45) is 0 Å². The first-order valence-corrected chi connectivity index (χ1v) is 8.03. The van der Waals surface area contributed by atoms with Crippen molar-refractivity contribution in [1.29, 1.82) is 0 Å². The Bertz CT molecular complexity index is 589. The first-order valence-electron chi connectivity index (χ1n) is 6.50. The van der Waals surface area contributed by atoms with E-state index >= 15 is 0 Å². The number of alkyl halides is 1. The van der Waals surface area contributed by atoms with E-state index in [1.165, 1.54) is 33.4 Å². The third kappa shape index (κ3) is 3.93. The van der Waals surface area contributed by atoms with Crippen molar-refractivity contribution in [2.75, 3.05) is 0 Å². The fourth-order valence-corrected chi connectivity index (χ4v) is 3.06. The summed E-state index contributed by atoms with van der Waals surface area (Å²) in [4.78, 5) is 0. The molecule has 2 aromatic carbocycles. The van der Waals surface area contributed by atoms with E-state index in [9.17, 15) is 0 Å². The lowest BCUT2D eigenvalue weighted by Crippen LogP contribution is -1.85. The van der Waals surface area contributed by atoms with E-state index in [0.29, 0.717) is 0 Å². The molecule has 0 N–H and O–H groups in total. The van der Waals surface area contributed by atoms with Crippen LogP contribution in [-0.2, 0) is 4.43 Å². The molecule has 0 spiro atoms. The van der Waals surface area contributed by atoms with Crippen LogP contribution in [0.2, 0.25) is 0 Å². The highest BCUT2D eigenvalue weighted by Crippen LogP contribution is 2.17. The van der Waals surface area contributed by atoms with Gasteiger partial charge in [0, 0.05) is 4.43 Å². The predicted molar refractivity (Wildman–Crippen MR) is 93.7 cm³/mol. The normalized spacial score (nSPS) is 11.2. The number of hydrogen-bond acceptors (Lipinski definition) is 0. The third-order valence-corrected chi connectivity index (χ3v) is 4.05. The van der Waals surface area contributed by atoms with Gasteiger partial charge in [0.05, 0.1) is 0 Å². The second-order valence-corrected chi connectivity index (χ2v) is 5.84. The van der Waals surface area contributed by atoms with Gasteiger partial charge in [-0.05, 0) is 43.0 Å². The molecule has 0 unspecified atom stereocenters. The summed E-state index contributed by atoms with van der Waals surface area (Å²) in [6.45, 7) is 6.46. The van der Waals surface area contributed by atoms with Gasteiger partial charge in [0.25, 0.3) is 0 Å². The van der Waals surface area contributed by atoms with Crippen molar-refractivity contribution in [3.05, 3.63) is 69.8 Å². The molecular weight excluding hydrogens is 343 g/mol. The van der Waals surface area contributed by atoms with E-state index in [0.717, 1.165) is 4.43 Å². The quantitative estimate of drug-likeness (QED) is 0.372. The molecule has 1 heteroatoms. The fraction of sp³-hybridized carbons (Fsp3) is 0.222. The fourth-order valence-electron chi connectivity index (χ4n) is 2.24. The van der Waals surface area contributed by atoms with Gasteiger partial charge in [-0.25, -0.2) is 0 Å². The Balaban J connectivity index is 2.27. The van der Waals surface area contributed by atoms with Gasteiger partial charge in [0.15, 0.2) is 0 Å². The van der Waals surface area contributed by atoms with Crippen molar-refractivity contribution >= 4 is 34.7 Å². The zero-order valence-electron chi connectivity index (χ0n) is 11.7. The molecule has 19 heavy (non-hydrogen) atoms. The van der Waals surface area contributed by atoms with Crippen LogP contribution in [0.5, 0.6) is 0 Å². The highest BCUT2D eigenvalue weighted by Gasteiger charge is 1.97. The summed E-state index contributed by atoms with van der Waals surface area (Å²) in [5.74, 6) is 0. The standard InChI is InChI=1S/C18H19I/c1-13-8-14(2)10-17(9-13)7-6-16-5-4-15(3)18(11-16)12-19/h4-11H,12H2,1-3H3/b7-6+. The molecule has 0 aliphatic carbocycles. The van der Waals surface area contributed by atoms with E-state index < -0.39 is 0 Å². The number of aryl methyl sites for hydroxylation is 3. The highest BCUT2D eigenvalue weighted by atomic mass is 127. The minimum absolute atomic E-state index is 1.06. The van der Waals surface area contributed by atoms with Crippen molar-refractivity contribution < 1.29 is 0 Å². The number of halogens is 1. The van der Waals surface area contributed by atoms with Crippen LogP contribution in [0.4, 0.5) is 0 Å². The maximum absolute atomic E-state index is 2.42. The Hall–Kier alpha value is -1.09. The van der Waals surface area contributed by atoms with Crippen LogP contribution in [0.15, 0.2) is 36.4 Å². The smallest absolute Gasteiger partial charge is 0.0249 e. The molecule has 0 amide bonds. The van der Waals surface area contributed by atoms with Gasteiger partial charge in [-0.2, -0.15) is 0 Å². The van der Waals surface area contributed by atoms with E-state index in [4.69, 9.17) is 0 Å².